The fourth-order valence-corrected chi connectivity index (χ4v) is 4.85. The summed E-state index contributed by atoms with van der Waals surface area (Å²) in [5, 5.41) is 18.1. The van der Waals surface area contributed by atoms with Crippen molar-refractivity contribution in [2.75, 3.05) is 12.4 Å². The predicted octanol–water partition coefficient (Wildman–Crippen LogP) is 0.834. The van der Waals surface area contributed by atoms with Crippen LogP contribution in [0.5, 0.6) is 0 Å². The molecule has 88 valence electrons. The number of hydrogen-bond acceptors (Lipinski definition) is 6. The van der Waals surface area contributed by atoms with E-state index in [9.17, 15) is 10.5 Å². The van der Waals surface area contributed by atoms with Gasteiger partial charge in [-0.2, -0.15) is 10.5 Å². The van der Waals surface area contributed by atoms with E-state index in [1.54, 1.807) is 0 Å². The van der Waals surface area contributed by atoms with Crippen LogP contribution in [-0.4, -0.2) is 23.3 Å². The van der Waals surface area contributed by atoms with Gasteiger partial charge in [0, 0.05) is 11.7 Å². The Kier molecular flexibility index (Phi) is 1.89. The maximum atomic E-state index is 9.58. The van der Waals surface area contributed by atoms with Gasteiger partial charge in [0.05, 0.1) is 18.7 Å². The summed E-state index contributed by atoms with van der Waals surface area (Å²) in [5.41, 5.74) is 4.13. The first-order valence-corrected chi connectivity index (χ1v) is 6.60. The first-order chi connectivity index (χ1) is 8.15. The average molecular weight is 248 g/mol. The van der Waals surface area contributed by atoms with Gasteiger partial charge >= 0.3 is 0 Å². The number of nitrogens with zero attached hydrogens (tertiary/aromatic N) is 3. The van der Waals surface area contributed by atoms with E-state index in [0.29, 0.717) is 6.61 Å². The lowest BCUT2D eigenvalue weighted by atomic mass is 9.95. The number of rotatable bonds is 1. The molecule has 2 heterocycles. The molecule has 6 heteroatoms. The van der Waals surface area contributed by atoms with E-state index in [0.717, 1.165) is 12.2 Å². The second-order valence-electron chi connectivity index (χ2n) is 4.58. The number of amidine groups is 1. The number of nitriles is 2. The smallest absolute Gasteiger partial charge is 0.230 e. The molecule has 0 aromatic heterocycles. The summed E-state index contributed by atoms with van der Waals surface area (Å²) in [4.78, 5) is 4.32. The molecule has 1 spiro atoms. The first kappa shape index (κ1) is 10.9. The molecule has 2 fully saturated rings. The van der Waals surface area contributed by atoms with Crippen LogP contribution < -0.4 is 5.73 Å². The zero-order valence-corrected chi connectivity index (χ0v) is 10.3. The molecule has 2 N–H and O–H groups in total. The summed E-state index contributed by atoms with van der Waals surface area (Å²) < 4.78 is 5.70. The molecule has 0 unspecified atom stereocenters. The lowest BCUT2D eigenvalue weighted by Crippen LogP contribution is -2.34. The van der Waals surface area contributed by atoms with Gasteiger partial charge in [-0.3, -0.25) is 0 Å². The third-order valence-corrected chi connectivity index (χ3v) is 5.49. The highest BCUT2D eigenvalue weighted by Crippen LogP contribution is 2.81. The Bertz CT molecular complexity index is 499. The van der Waals surface area contributed by atoms with Gasteiger partial charge in [0.1, 0.15) is 16.7 Å². The fraction of sp³-hybridized carbons (Fsp3) is 0.727. The normalized spacial score (nSPS) is 50.5. The van der Waals surface area contributed by atoms with Crippen molar-refractivity contribution in [2.24, 2.45) is 27.5 Å². The standard InChI is InChI=1S/C11H12N4OS/c1-2-7-9(5-12)8(14)15-11(10(7,9)6-13)16-3-4-17-11/h7H,2-4H2,1H3,(H2,14,15)/t7-,9+,10+,11+/m0/s1. The van der Waals surface area contributed by atoms with Gasteiger partial charge in [0.2, 0.25) is 5.06 Å². The average Bonchev–Trinajstić information content (AvgIpc) is 2.59. The van der Waals surface area contributed by atoms with E-state index in [1.165, 1.54) is 11.8 Å². The van der Waals surface area contributed by atoms with Crippen LogP contribution in [-0.2, 0) is 4.74 Å². The lowest BCUT2D eigenvalue weighted by Gasteiger charge is -2.25. The quantitative estimate of drug-likeness (QED) is 0.741. The van der Waals surface area contributed by atoms with Crippen molar-refractivity contribution in [3.8, 4) is 12.1 Å². The minimum atomic E-state index is -0.928. The third kappa shape index (κ3) is 0.801. The molecule has 3 rings (SSSR count). The number of nitrogens with two attached hydrogens (primary N) is 1. The van der Waals surface area contributed by atoms with Crippen LogP contribution in [0.1, 0.15) is 13.3 Å². The van der Waals surface area contributed by atoms with E-state index in [-0.39, 0.29) is 11.8 Å². The van der Waals surface area contributed by atoms with Gasteiger partial charge in [0.25, 0.3) is 0 Å². The van der Waals surface area contributed by atoms with Crippen LogP contribution in [0.3, 0.4) is 0 Å². The summed E-state index contributed by atoms with van der Waals surface area (Å²) in [6.45, 7) is 2.53. The second-order valence-corrected chi connectivity index (χ2v) is 5.83. The summed E-state index contributed by atoms with van der Waals surface area (Å²) in [7, 11) is 0. The molecule has 1 saturated heterocycles. The van der Waals surface area contributed by atoms with Crippen molar-refractivity contribution in [1.82, 2.24) is 0 Å². The summed E-state index contributed by atoms with van der Waals surface area (Å²) in [6, 6.07) is 4.54. The van der Waals surface area contributed by atoms with Gasteiger partial charge in [-0.1, -0.05) is 18.7 Å². The molecule has 5 nitrogen and oxygen atoms in total. The molecule has 0 radical (unpaired) electrons. The fourth-order valence-electron chi connectivity index (χ4n) is 3.50. The van der Waals surface area contributed by atoms with E-state index in [1.807, 2.05) is 6.92 Å². The van der Waals surface area contributed by atoms with Crippen LogP contribution in [0, 0.1) is 39.4 Å². The largest absolute Gasteiger partial charge is 0.386 e. The Balaban J connectivity index is 2.20. The van der Waals surface area contributed by atoms with E-state index in [4.69, 9.17) is 10.5 Å². The van der Waals surface area contributed by atoms with Gasteiger partial charge < -0.3 is 10.5 Å². The number of fused-ring (bicyclic) bond motifs is 2. The van der Waals surface area contributed by atoms with Crippen molar-refractivity contribution < 1.29 is 4.74 Å². The van der Waals surface area contributed by atoms with Crippen molar-refractivity contribution >= 4 is 17.6 Å². The molecule has 4 atom stereocenters. The lowest BCUT2D eigenvalue weighted by molar-refractivity contribution is 0.0166. The van der Waals surface area contributed by atoms with Crippen molar-refractivity contribution in [2.45, 2.75) is 18.4 Å². The van der Waals surface area contributed by atoms with Gasteiger partial charge in [0.15, 0.2) is 0 Å². The van der Waals surface area contributed by atoms with E-state index >= 15 is 0 Å². The maximum Gasteiger partial charge on any atom is 0.230 e. The Morgan fingerprint density at radius 2 is 2.35 bits per heavy atom. The van der Waals surface area contributed by atoms with Crippen LogP contribution in [0.4, 0.5) is 0 Å². The molecule has 0 bridgehead atoms. The van der Waals surface area contributed by atoms with Gasteiger partial charge in [-0.05, 0) is 6.42 Å². The second kappa shape index (κ2) is 2.95. The third-order valence-electron chi connectivity index (χ3n) is 4.19. The zero-order valence-electron chi connectivity index (χ0n) is 9.43. The van der Waals surface area contributed by atoms with Gasteiger partial charge in [-0.15, -0.1) is 0 Å². The molecule has 0 aromatic rings. The molecule has 0 amide bonds. The molecule has 2 aliphatic heterocycles. The Morgan fingerprint density at radius 1 is 1.59 bits per heavy atom. The SMILES string of the molecule is CC[C@@H]1[C@@]2(C#N)[C@@]3(N=C(N)[C@@]12C#N)OCCS3. The van der Waals surface area contributed by atoms with Crippen molar-refractivity contribution in [1.29, 1.82) is 10.5 Å². The van der Waals surface area contributed by atoms with Gasteiger partial charge in [-0.25, -0.2) is 4.99 Å². The molecule has 17 heavy (non-hydrogen) atoms. The Labute approximate surface area is 104 Å². The van der Waals surface area contributed by atoms with Crippen LogP contribution in [0.15, 0.2) is 4.99 Å². The minimum absolute atomic E-state index is 0.0619. The summed E-state index contributed by atoms with van der Waals surface area (Å²) in [6.07, 6.45) is 0.739. The van der Waals surface area contributed by atoms with E-state index < -0.39 is 15.9 Å². The zero-order chi connectivity index (χ0) is 12.3. The van der Waals surface area contributed by atoms with Crippen LogP contribution >= 0.6 is 11.8 Å². The molecular formula is C11H12N4OS. The molecule has 0 aromatic carbocycles. The number of hydrogen-bond donors (Lipinski definition) is 1. The van der Waals surface area contributed by atoms with Crippen LogP contribution in [0.25, 0.3) is 0 Å². The molecule has 1 aliphatic carbocycles. The maximum absolute atomic E-state index is 9.58. The first-order valence-electron chi connectivity index (χ1n) is 5.61. The van der Waals surface area contributed by atoms with E-state index in [2.05, 4.69) is 17.1 Å². The topological polar surface area (TPSA) is 95.2 Å². The number of thioether (sulfide) groups is 1. The van der Waals surface area contributed by atoms with Crippen LogP contribution in [0.2, 0.25) is 0 Å². The monoisotopic (exact) mass is 248 g/mol. The Morgan fingerprint density at radius 3 is 2.76 bits per heavy atom. The highest BCUT2D eigenvalue weighted by atomic mass is 32.2. The Hall–Kier alpha value is -1.24. The number of ether oxygens (including phenoxy) is 1. The number of aliphatic imine (C=N–C) groups is 1. The minimum Gasteiger partial charge on any atom is -0.386 e. The molecular weight excluding hydrogens is 236 g/mol. The highest BCUT2D eigenvalue weighted by Gasteiger charge is 2.92. The van der Waals surface area contributed by atoms with Crippen molar-refractivity contribution in [3.63, 3.8) is 0 Å². The molecule has 3 aliphatic rings. The summed E-state index contributed by atoms with van der Waals surface area (Å²) >= 11 is 1.50. The highest BCUT2D eigenvalue weighted by molar-refractivity contribution is 8.00. The predicted molar refractivity (Wildman–Crippen MR) is 62.6 cm³/mol. The summed E-state index contributed by atoms with van der Waals surface area (Å²) in [5.74, 6) is 1.01. The van der Waals surface area contributed by atoms with Crippen molar-refractivity contribution in [3.05, 3.63) is 0 Å². The molecule has 1 saturated carbocycles.